The molecule has 1 saturated carbocycles. The van der Waals surface area contributed by atoms with Crippen LogP contribution in [0.4, 0.5) is 0 Å². The van der Waals surface area contributed by atoms with Crippen LogP contribution in [0.25, 0.3) is 0 Å². The van der Waals surface area contributed by atoms with E-state index in [2.05, 4.69) is 0 Å². The molecule has 1 rings (SSSR count). The molecule has 14 heavy (non-hydrogen) atoms. The van der Waals surface area contributed by atoms with Gasteiger partial charge in [0.15, 0.2) is 0 Å². The minimum atomic E-state index is -3.22. The lowest BCUT2D eigenvalue weighted by atomic mass is 10.1. The summed E-state index contributed by atoms with van der Waals surface area (Å²) in [5.74, 6) is -0.656. The molecule has 2 atom stereocenters. The Morgan fingerprint density at radius 1 is 1.36 bits per heavy atom. The zero-order valence-corrected chi connectivity index (χ0v) is 9.25. The molecule has 2 unspecified atom stereocenters. The SMILES string of the molecule is CN(C)S(=O)(=O)C1CCC(C(N)=O)C1. The summed E-state index contributed by atoms with van der Waals surface area (Å²) in [5.41, 5.74) is 5.13. The van der Waals surface area contributed by atoms with Gasteiger partial charge in [0.1, 0.15) is 0 Å². The van der Waals surface area contributed by atoms with Crippen molar-refractivity contribution in [1.82, 2.24) is 4.31 Å². The van der Waals surface area contributed by atoms with Crippen molar-refractivity contribution in [2.45, 2.75) is 24.5 Å². The summed E-state index contributed by atoms with van der Waals surface area (Å²) in [4.78, 5) is 10.9. The van der Waals surface area contributed by atoms with Crippen molar-refractivity contribution in [2.75, 3.05) is 14.1 Å². The molecule has 0 radical (unpaired) electrons. The molecular formula is C8H16N2O3S. The van der Waals surface area contributed by atoms with Crippen LogP contribution in [-0.2, 0) is 14.8 Å². The van der Waals surface area contributed by atoms with E-state index in [-0.39, 0.29) is 11.8 Å². The number of primary amides is 1. The Morgan fingerprint density at radius 3 is 2.29 bits per heavy atom. The molecule has 2 N–H and O–H groups in total. The Morgan fingerprint density at radius 2 is 1.93 bits per heavy atom. The minimum Gasteiger partial charge on any atom is -0.369 e. The quantitative estimate of drug-likeness (QED) is 0.698. The number of carbonyl (C=O) groups excluding carboxylic acids is 1. The Balaban J connectivity index is 2.72. The number of rotatable bonds is 3. The van der Waals surface area contributed by atoms with E-state index in [9.17, 15) is 13.2 Å². The molecule has 0 spiro atoms. The van der Waals surface area contributed by atoms with Gasteiger partial charge in [-0.1, -0.05) is 0 Å². The van der Waals surface area contributed by atoms with Crippen LogP contribution in [-0.4, -0.2) is 38.0 Å². The first-order valence-electron chi connectivity index (χ1n) is 4.56. The van der Waals surface area contributed by atoms with Crippen molar-refractivity contribution in [3.63, 3.8) is 0 Å². The summed E-state index contributed by atoms with van der Waals surface area (Å²) in [6, 6.07) is 0. The highest BCUT2D eigenvalue weighted by Crippen LogP contribution is 2.30. The molecule has 1 aliphatic rings. The molecule has 0 aromatic rings. The van der Waals surface area contributed by atoms with Gasteiger partial charge in [-0.25, -0.2) is 12.7 Å². The second-order valence-corrected chi connectivity index (χ2v) is 6.29. The lowest BCUT2D eigenvalue weighted by Crippen LogP contribution is -2.32. The highest BCUT2D eigenvalue weighted by Gasteiger charge is 2.37. The first-order valence-corrected chi connectivity index (χ1v) is 6.06. The Kier molecular flexibility index (Phi) is 3.16. The molecule has 0 aliphatic heterocycles. The van der Waals surface area contributed by atoms with E-state index in [1.165, 1.54) is 18.4 Å². The topological polar surface area (TPSA) is 80.5 Å². The lowest BCUT2D eigenvalue weighted by Gasteiger charge is -2.16. The van der Waals surface area contributed by atoms with Crippen LogP contribution in [0.15, 0.2) is 0 Å². The standard InChI is InChI=1S/C8H16N2O3S/c1-10(2)14(12,13)7-4-3-6(5-7)8(9)11/h6-7H,3-5H2,1-2H3,(H2,9,11). The Labute approximate surface area is 84.3 Å². The third kappa shape index (κ3) is 2.06. The second kappa shape index (κ2) is 3.86. The van der Waals surface area contributed by atoms with Crippen LogP contribution in [0.3, 0.4) is 0 Å². The highest BCUT2D eigenvalue weighted by atomic mass is 32.2. The molecule has 1 fully saturated rings. The van der Waals surface area contributed by atoms with E-state index in [0.29, 0.717) is 19.3 Å². The summed E-state index contributed by atoms with van der Waals surface area (Å²) < 4.78 is 24.6. The van der Waals surface area contributed by atoms with Gasteiger partial charge in [0.2, 0.25) is 15.9 Å². The fourth-order valence-corrected chi connectivity index (χ4v) is 3.27. The van der Waals surface area contributed by atoms with Crippen molar-refractivity contribution in [1.29, 1.82) is 0 Å². The number of hydrogen-bond donors (Lipinski definition) is 1. The fourth-order valence-electron chi connectivity index (χ4n) is 1.77. The normalized spacial score (nSPS) is 28.2. The lowest BCUT2D eigenvalue weighted by molar-refractivity contribution is -0.121. The smallest absolute Gasteiger partial charge is 0.220 e. The van der Waals surface area contributed by atoms with E-state index in [0.717, 1.165) is 0 Å². The third-order valence-corrected chi connectivity index (χ3v) is 5.01. The van der Waals surface area contributed by atoms with Crippen LogP contribution in [0, 0.1) is 5.92 Å². The predicted molar refractivity (Wildman–Crippen MR) is 52.9 cm³/mol. The van der Waals surface area contributed by atoms with Gasteiger partial charge in [-0.05, 0) is 19.3 Å². The Bertz CT molecular complexity index is 323. The summed E-state index contributed by atoms with van der Waals surface area (Å²) in [7, 11) is -0.204. The van der Waals surface area contributed by atoms with E-state index in [4.69, 9.17) is 5.73 Å². The van der Waals surface area contributed by atoms with Gasteiger partial charge in [0, 0.05) is 20.0 Å². The zero-order chi connectivity index (χ0) is 10.9. The van der Waals surface area contributed by atoms with Gasteiger partial charge in [-0.2, -0.15) is 0 Å². The van der Waals surface area contributed by atoms with Gasteiger partial charge in [-0.3, -0.25) is 4.79 Å². The molecular weight excluding hydrogens is 204 g/mol. The van der Waals surface area contributed by atoms with Gasteiger partial charge in [0.05, 0.1) is 5.25 Å². The van der Waals surface area contributed by atoms with Crippen molar-refractivity contribution >= 4 is 15.9 Å². The maximum Gasteiger partial charge on any atom is 0.220 e. The third-order valence-electron chi connectivity index (χ3n) is 2.72. The molecule has 0 aromatic carbocycles. The predicted octanol–water partition coefficient (Wildman–Crippen LogP) is -0.468. The maximum atomic E-state index is 11.7. The van der Waals surface area contributed by atoms with Crippen LogP contribution < -0.4 is 5.73 Å². The fraction of sp³-hybridized carbons (Fsp3) is 0.875. The average Bonchev–Trinajstić information content (AvgIpc) is 2.51. The van der Waals surface area contributed by atoms with Crippen LogP contribution in [0.2, 0.25) is 0 Å². The zero-order valence-electron chi connectivity index (χ0n) is 8.43. The molecule has 6 heteroatoms. The molecule has 82 valence electrons. The number of amides is 1. The number of nitrogens with zero attached hydrogens (tertiary/aromatic N) is 1. The van der Waals surface area contributed by atoms with Gasteiger partial charge < -0.3 is 5.73 Å². The van der Waals surface area contributed by atoms with E-state index >= 15 is 0 Å². The van der Waals surface area contributed by atoms with Crippen LogP contribution in [0.5, 0.6) is 0 Å². The number of carbonyl (C=O) groups is 1. The van der Waals surface area contributed by atoms with Crippen molar-refractivity contribution in [2.24, 2.45) is 11.7 Å². The second-order valence-electron chi connectivity index (χ2n) is 3.86. The van der Waals surface area contributed by atoms with Crippen molar-refractivity contribution in [3.05, 3.63) is 0 Å². The number of hydrogen-bond acceptors (Lipinski definition) is 3. The van der Waals surface area contributed by atoms with Crippen molar-refractivity contribution in [3.8, 4) is 0 Å². The molecule has 0 heterocycles. The van der Waals surface area contributed by atoms with Gasteiger partial charge >= 0.3 is 0 Å². The maximum absolute atomic E-state index is 11.7. The van der Waals surface area contributed by atoms with E-state index < -0.39 is 15.3 Å². The molecule has 0 aromatic heterocycles. The monoisotopic (exact) mass is 220 g/mol. The summed E-state index contributed by atoms with van der Waals surface area (Å²) in [6.07, 6.45) is 1.50. The molecule has 1 amide bonds. The molecule has 5 nitrogen and oxygen atoms in total. The van der Waals surface area contributed by atoms with E-state index in [1.807, 2.05) is 0 Å². The summed E-state index contributed by atoms with van der Waals surface area (Å²) >= 11 is 0. The van der Waals surface area contributed by atoms with Gasteiger partial charge in [-0.15, -0.1) is 0 Å². The van der Waals surface area contributed by atoms with Crippen LogP contribution in [0.1, 0.15) is 19.3 Å². The average molecular weight is 220 g/mol. The van der Waals surface area contributed by atoms with Crippen molar-refractivity contribution < 1.29 is 13.2 Å². The summed E-state index contributed by atoms with van der Waals surface area (Å²) in [6.45, 7) is 0. The Hall–Kier alpha value is -0.620. The number of sulfonamides is 1. The first-order chi connectivity index (χ1) is 6.35. The minimum absolute atomic E-state index is 0.269. The number of nitrogens with two attached hydrogens (primary N) is 1. The summed E-state index contributed by atoms with van der Waals surface area (Å²) in [5, 5.41) is -0.435. The van der Waals surface area contributed by atoms with Crippen LogP contribution >= 0.6 is 0 Å². The first kappa shape index (κ1) is 11.5. The van der Waals surface area contributed by atoms with Gasteiger partial charge in [0.25, 0.3) is 0 Å². The molecule has 0 bridgehead atoms. The highest BCUT2D eigenvalue weighted by molar-refractivity contribution is 7.89. The van der Waals surface area contributed by atoms with E-state index in [1.54, 1.807) is 0 Å². The molecule has 0 saturated heterocycles. The largest absolute Gasteiger partial charge is 0.369 e. The molecule has 1 aliphatic carbocycles.